The van der Waals surface area contributed by atoms with Crippen LogP contribution >= 0.6 is 0 Å². The zero-order valence-electron chi connectivity index (χ0n) is 21.2. The van der Waals surface area contributed by atoms with Gasteiger partial charge in [0.2, 0.25) is 0 Å². The number of carbonyl (C=O) groups excluding carboxylic acids is 3. The van der Waals surface area contributed by atoms with Crippen LogP contribution in [-0.2, 0) is 0 Å². The molecule has 0 aliphatic carbocycles. The van der Waals surface area contributed by atoms with Crippen LogP contribution in [0.1, 0.15) is 38.0 Å². The van der Waals surface area contributed by atoms with Crippen molar-refractivity contribution < 1.29 is 23.9 Å². The minimum atomic E-state index is -0.597. The molecule has 0 aliphatic rings. The highest BCUT2D eigenvalue weighted by molar-refractivity contribution is 6.00. The molecular formula is C34H24O5. The second kappa shape index (κ2) is 11.4. The molecule has 0 radical (unpaired) electrons. The first kappa shape index (κ1) is 25.4. The zero-order valence-corrected chi connectivity index (χ0v) is 21.2. The van der Waals surface area contributed by atoms with E-state index >= 15 is 0 Å². The first-order valence-electron chi connectivity index (χ1n) is 12.4. The molecule has 0 heterocycles. The molecule has 5 aromatic carbocycles. The Morgan fingerprint density at radius 1 is 0.487 bits per heavy atom. The maximum atomic E-state index is 12.8. The van der Waals surface area contributed by atoms with Crippen LogP contribution in [0.4, 0.5) is 0 Å². The van der Waals surface area contributed by atoms with Crippen LogP contribution in [0, 0.1) is 0 Å². The number of ether oxygens (including phenoxy) is 2. The molecule has 0 fully saturated rings. The van der Waals surface area contributed by atoms with Crippen LogP contribution in [0.2, 0.25) is 0 Å². The standard InChI is InChI=1S/C34H24O5/c1-23(35)31-22-30(38-33(36)28-16-12-26(13-17-28)24-8-4-2-5-9-24)20-21-32(31)39-34(37)29-18-14-27(15-19-29)25-10-6-3-7-11-25/h2-22H,1H3. The fourth-order valence-corrected chi connectivity index (χ4v) is 4.12. The van der Waals surface area contributed by atoms with Gasteiger partial charge in [-0.05, 0) is 71.6 Å². The van der Waals surface area contributed by atoms with Crippen LogP contribution in [0.5, 0.6) is 11.5 Å². The Hall–Kier alpha value is -5.29. The van der Waals surface area contributed by atoms with Crippen molar-refractivity contribution in [3.8, 4) is 33.8 Å². The van der Waals surface area contributed by atoms with Crippen molar-refractivity contribution in [2.75, 3.05) is 0 Å². The van der Waals surface area contributed by atoms with Gasteiger partial charge in [0.1, 0.15) is 11.5 Å². The van der Waals surface area contributed by atoms with E-state index in [-0.39, 0.29) is 22.8 Å². The van der Waals surface area contributed by atoms with Crippen LogP contribution < -0.4 is 9.47 Å². The van der Waals surface area contributed by atoms with Crippen molar-refractivity contribution in [3.63, 3.8) is 0 Å². The van der Waals surface area contributed by atoms with Crippen LogP contribution in [0.3, 0.4) is 0 Å². The maximum Gasteiger partial charge on any atom is 0.343 e. The predicted octanol–water partition coefficient (Wildman–Crippen LogP) is 7.66. The Morgan fingerprint density at radius 2 is 0.923 bits per heavy atom. The lowest BCUT2D eigenvalue weighted by Crippen LogP contribution is -2.12. The molecule has 0 bridgehead atoms. The van der Waals surface area contributed by atoms with E-state index < -0.39 is 11.9 Å². The monoisotopic (exact) mass is 512 g/mol. The number of benzene rings is 5. The lowest BCUT2D eigenvalue weighted by molar-refractivity contribution is 0.0716. The molecule has 0 spiro atoms. The molecule has 5 nitrogen and oxygen atoms in total. The summed E-state index contributed by atoms with van der Waals surface area (Å²) in [6.45, 7) is 1.36. The van der Waals surface area contributed by atoms with Gasteiger partial charge in [-0.1, -0.05) is 84.9 Å². The Balaban J connectivity index is 1.28. The molecule has 39 heavy (non-hydrogen) atoms. The van der Waals surface area contributed by atoms with Crippen molar-refractivity contribution in [2.45, 2.75) is 6.92 Å². The average Bonchev–Trinajstić information content (AvgIpc) is 2.99. The molecule has 5 heteroatoms. The van der Waals surface area contributed by atoms with E-state index in [2.05, 4.69) is 0 Å². The minimum absolute atomic E-state index is 0.0895. The number of rotatable bonds is 7. The molecule has 0 aliphatic heterocycles. The van der Waals surface area contributed by atoms with E-state index in [9.17, 15) is 14.4 Å². The summed E-state index contributed by atoms with van der Waals surface area (Å²) in [4.78, 5) is 37.9. The average molecular weight is 513 g/mol. The summed E-state index contributed by atoms with van der Waals surface area (Å²) < 4.78 is 11.0. The highest BCUT2D eigenvalue weighted by Crippen LogP contribution is 2.27. The lowest BCUT2D eigenvalue weighted by atomic mass is 10.0. The number of ketones is 1. The van der Waals surface area contributed by atoms with Gasteiger partial charge in [0.05, 0.1) is 16.7 Å². The molecule has 0 saturated heterocycles. The fraction of sp³-hybridized carbons (Fsp3) is 0.0294. The van der Waals surface area contributed by atoms with Crippen molar-refractivity contribution >= 4 is 17.7 Å². The van der Waals surface area contributed by atoms with Crippen molar-refractivity contribution in [1.29, 1.82) is 0 Å². The maximum absolute atomic E-state index is 12.8. The lowest BCUT2D eigenvalue weighted by Gasteiger charge is -2.11. The van der Waals surface area contributed by atoms with Gasteiger partial charge in [-0.2, -0.15) is 0 Å². The summed E-state index contributed by atoms with van der Waals surface area (Å²) in [5, 5.41) is 0. The number of hydrogen-bond acceptors (Lipinski definition) is 5. The minimum Gasteiger partial charge on any atom is -0.423 e. The summed E-state index contributed by atoms with van der Waals surface area (Å²) in [6, 6.07) is 38.1. The second-order valence-corrected chi connectivity index (χ2v) is 8.88. The number of Topliss-reactive ketones (excluding diaryl/α,β-unsaturated/α-hetero) is 1. The Kier molecular flexibility index (Phi) is 7.41. The highest BCUT2D eigenvalue weighted by atomic mass is 16.5. The Bertz CT molecular complexity index is 1620. The highest BCUT2D eigenvalue weighted by Gasteiger charge is 2.17. The largest absolute Gasteiger partial charge is 0.423 e. The molecule has 0 aromatic heterocycles. The van der Waals surface area contributed by atoms with Gasteiger partial charge in [0.25, 0.3) is 0 Å². The van der Waals surface area contributed by atoms with E-state index in [0.717, 1.165) is 22.3 Å². The van der Waals surface area contributed by atoms with Crippen molar-refractivity contribution in [1.82, 2.24) is 0 Å². The quantitative estimate of drug-likeness (QED) is 0.127. The predicted molar refractivity (Wildman–Crippen MR) is 150 cm³/mol. The van der Waals surface area contributed by atoms with Gasteiger partial charge in [-0.15, -0.1) is 0 Å². The molecular weight excluding hydrogens is 488 g/mol. The summed E-state index contributed by atoms with van der Waals surface area (Å²) in [5.41, 5.74) is 4.87. The Labute approximate surface area is 226 Å². The van der Waals surface area contributed by atoms with Crippen LogP contribution in [-0.4, -0.2) is 17.7 Å². The zero-order chi connectivity index (χ0) is 27.2. The van der Waals surface area contributed by atoms with Crippen LogP contribution in [0.25, 0.3) is 22.3 Å². The number of esters is 2. The van der Waals surface area contributed by atoms with Crippen molar-refractivity contribution in [3.05, 3.63) is 144 Å². The van der Waals surface area contributed by atoms with Crippen LogP contribution in [0.15, 0.2) is 127 Å². The molecule has 5 rings (SSSR count). The van der Waals surface area contributed by atoms with Gasteiger partial charge < -0.3 is 9.47 Å². The van der Waals surface area contributed by atoms with Gasteiger partial charge >= 0.3 is 11.9 Å². The number of hydrogen-bond donors (Lipinski definition) is 0. The first-order chi connectivity index (χ1) is 19.0. The molecule has 5 aromatic rings. The summed E-state index contributed by atoms with van der Waals surface area (Å²) in [6.07, 6.45) is 0. The fourth-order valence-electron chi connectivity index (χ4n) is 4.12. The SMILES string of the molecule is CC(=O)c1cc(OC(=O)c2ccc(-c3ccccc3)cc2)ccc1OC(=O)c1ccc(-c2ccccc2)cc1. The second-order valence-electron chi connectivity index (χ2n) is 8.88. The topological polar surface area (TPSA) is 69.7 Å². The normalized spacial score (nSPS) is 10.5. The molecule has 0 unspecified atom stereocenters. The summed E-state index contributed by atoms with van der Waals surface area (Å²) >= 11 is 0. The van der Waals surface area contributed by atoms with Gasteiger partial charge in [-0.25, -0.2) is 9.59 Å². The summed E-state index contributed by atoms with van der Waals surface area (Å²) in [7, 11) is 0. The van der Waals surface area contributed by atoms with Gasteiger partial charge in [0.15, 0.2) is 5.78 Å². The van der Waals surface area contributed by atoms with E-state index in [0.29, 0.717) is 11.1 Å². The first-order valence-corrected chi connectivity index (χ1v) is 12.4. The van der Waals surface area contributed by atoms with E-state index in [1.807, 2.05) is 84.9 Å². The smallest absolute Gasteiger partial charge is 0.343 e. The van der Waals surface area contributed by atoms with Crippen molar-refractivity contribution in [2.24, 2.45) is 0 Å². The van der Waals surface area contributed by atoms with E-state index in [4.69, 9.17) is 9.47 Å². The van der Waals surface area contributed by atoms with E-state index in [1.54, 1.807) is 24.3 Å². The van der Waals surface area contributed by atoms with Gasteiger partial charge in [-0.3, -0.25) is 4.79 Å². The third-order valence-electron chi connectivity index (χ3n) is 6.20. The van der Waals surface area contributed by atoms with E-state index in [1.165, 1.54) is 25.1 Å². The molecule has 190 valence electrons. The molecule has 0 N–H and O–H groups in total. The molecule has 0 atom stereocenters. The molecule has 0 saturated carbocycles. The number of carbonyl (C=O) groups is 3. The Morgan fingerprint density at radius 3 is 1.38 bits per heavy atom. The molecule has 0 amide bonds. The third-order valence-corrected chi connectivity index (χ3v) is 6.20. The summed E-state index contributed by atoms with van der Waals surface area (Å²) in [5.74, 6) is -1.23. The van der Waals surface area contributed by atoms with Gasteiger partial charge in [0, 0.05) is 0 Å². The third kappa shape index (κ3) is 6.00.